The Labute approximate surface area is 93.1 Å². The van der Waals surface area contributed by atoms with Crippen LogP contribution in [0.3, 0.4) is 0 Å². The molecule has 0 aliphatic rings. The fraction of sp³-hybridized carbons (Fsp3) is 1.00. The van der Waals surface area contributed by atoms with E-state index < -0.39 is 11.2 Å². The first-order chi connectivity index (χ1) is 6.89. The molecule has 0 aromatic rings. The van der Waals surface area contributed by atoms with E-state index in [2.05, 4.69) is 0 Å². The lowest BCUT2D eigenvalue weighted by molar-refractivity contribution is -0.186. The van der Waals surface area contributed by atoms with E-state index in [-0.39, 0.29) is 12.5 Å². The predicted molar refractivity (Wildman–Crippen MR) is 61.6 cm³/mol. The zero-order valence-corrected chi connectivity index (χ0v) is 10.5. The average Bonchev–Trinajstić information content (AvgIpc) is 2.19. The van der Waals surface area contributed by atoms with Crippen LogP contribution in [0, 0.1) is 5.92 Å². The van der Waals surface area contributed by atoms with Crippen LogP contribution in [-0.4, -0.2) is 33.1 Å². The first-order valence-electron chi connectivity index (χ1n) is 5.95. The van der Waals surface area contributed by atoms with Gasteiger partial charge in [0.15, 0.2) is 0 Å². The van der Waals surface area contributed by atoms with Crippen LogP contribution in [0.1, 0.15) is 53.4 Å². The van der Waals surface area contributed by atoms with Crippen molar-refractivity contribution in [3.63, 3.8) is 0 Å². The van der Waals surface area contributed by atoms with Crippen molar-refractivity contribution in [2.45, 2.75) is 64.6 Å². The molecule has 3 atom stereocenters. The van der Waals surface area contributed by atoms with Crippen molar-refractivity contribution in [1.29, 1.82) is 0 Å². The molecular weight excluding hydrogens is 192 g/mol. The van der Waals surface area contributed by atoms with E-state index in [1.54, 1.807) is 6.92 Å². The van der Waals surface area contributed by atoms with Gasteiger partial charge in [-0.25, -0.2) is 0 Å². The lowest BCUT2D eigenvalue weighted by Crippen LogP contribution is -2.57. The molecule has 0 fully saturated rings. The summed E-state index contributed by atoms with van der Waals surface area (Å²) in [7, 11) is 0. The van der Waals surface area contributed by atoms with Crippen molar-refractivity contribution in [2.24, 2.45) is 5.92 Å². The van der Waals surface area contributed by atoms with Crippen molar-refractivity contribution in [1.82, 2.24) is 0 Å². The lowest BCUT2D eigenvalue weighted by Gasteiger charge is -2.45. The van der Waals surface area contributed by atoms with Crippen molar-refractivity contribution < 1.29 is 15.3 Å². The molecule has 3 heteroatoms. The van der Waals surface area contributed by atoms with Gasteiger partial charge in [-0.3, -0.25) is 0 Å². The summed E-state index contributed by atoms with van der Waals surface area (Å²) in [6, 6.07) is 0. The predicted octanol–water partition coefficient (Wildman–Crippen LogP) is 1.70. The van der Waals surface area contributed by atoms with E-state index >= 15 is 0 Å². The highest BCUT2D eigenvalue weighted by Crippen LogP contribution is 2.37. The molecular formula is C12H26O3. The molecule has 0 amide bonds. The van der Waals surface area contributed by atoms with Crippen LogP contribution in [0.25, 0.3) is 0 Å². The van der Waals surface area contributed by atoms with Crippen LogP contribution >= 0.6 is 0 Å². The van der Waals surface area contributed by atoms with Crippen LogP contribution in [0.5, 0.6) is 0 Å². The van der Waals surface area contributed by atoms with Crippen LogP contribution in [0.2, 0.25) is 0 Å². The normalized spacial score (nSPS) is 21.8. The quantitative estimate of drug-likeness (QED) is 0.609. The number of aliphatic hydroxyl groups is 3. The molecule has 15 heavy (non-hydrogen) atoms. The van der Waals surface area contributed by atoms with Gasteiger partial charge in [-0.2, -0.15) is 0 Å². The third-order valence-corrected chi connectivity index (χ3v) is 3.64. The maximum atomic E-state index is 10.6. The molecule has 92 valence electrons. The average molecular weight is 218 g/mol. The van der Waals surface area contributed by atoms with Gasteiger partial charge in [-0.05, 0) is 26.2 Å². The molecule has 3 unspecified atom stereocenters. The third kappa shape index (κ3) is 2.92. The molecule has 0 rings (SSSR count). The summed E-state index contributed by atoms with van der Waals surface area (Å²) < 4.78 is 0. The largest absolute Gasteiger partial charge is 0.396 e. The highest BCUT2D eigenvalue weighted by atomic mass is 16.4. The zero-order chi connectivity index (χ0) is 12.1. The third-order valence-electron chi connectivity index (χ3n) is 3.64. The van der Waals surface area contributed by atoms with Crippen molar-refractivity contribution in [2.75, 3.05) is 6.61 Å². The van der Waals surface area contributed by atoms with Gasteiger partial charge in [0.05, 0.1) is 11.2 Å². The molecule has 0 aromatic heterocycles. The Morgan fingerprint density at radius 1 is 1.13 bits per heavy atom. The van der Waals surface area contributed by atoms with E-state index in [4.69, 9.17) is 0 Å². The standard InChI is InChI=1S/C12H26O3/c1-5-8-12(15,10(6-2)9-13)11(4,14)7-3/h10,13-15H,5-9H2,1-4H3. The molecule has 0 aliphatic heterocycles. The Kier molecular flexibility index (Phi) is 5.78. The van der Waals surface area contributed by atoms with Crippen molar-refractivity contribution in [3.05, 3.63) is 0 Å². The molecule has 0 spiro atoms. The Morgan fingerprint density at radius 2 is 1.67 bits per heavy atom. The summed E-state index contributed by atoms with van der Waals surface area (Å²) in [5, 5.41) is 30.1. The summed E-state index contributed by atoms with van der Waals surface area (Å²) in [4.78, 5) is 0. The molecule has 0 aliphatic carbocycles. The Balaban J connectivity index is 5.02. The Bertz CT molecular complexity index is 176. The van der Waals surface area contributed by atoms with Gasteiger partial charge in [0.2, 0.25) is 0 Å². The number of hydrogen-bond donors (Lipinski definition) is 3. The van der Waals surface area contributed by atoms with Gasteiger partial charge in [0, 0.05) is 12.5 Å². The van der Waals surface area contributed by atoms with Crippen LogP contribution in [0.15, 0.2) is 0 Å². The Morgan fingerprint density at radius 3 is 1.93 bits per heavy atom. The fourth-order valence-corrected chi connectivity index (χ4v) is 2.22. The highest BCUT2D eigenvalue weighted by molar-refractivity contribution is 4.99. The molecule has 3 N–H and O–H groups in total. The summed E-state index contributed by atoms with van der Waals surface area (Å²) in [6.07, 6.45) is 2.47. The minimum Gasteiger partial charge on any atom is -0.396 e. The first-order valence-corrected chi connectivity index (χ1v) is 5.95. The summed E-state index contributed by atoms with van der Waals surface area (Å²) in [5.74, 6) is -0.257. The second-order valence-electron chi connectivity index (χ2n) is 4.59. The second kappa shape index (κ2) is 5.83. The molecule has 3 nitrogen and oxygen atoms in total. The van der Waals surface area contributed by atoms with E-state index in [9.17, 15) is 15.3 Å². The SMILES string of the molecule is CCCC(O)(C(CC)CO)C(C)(O)CC. The Hall–Kier alpha value is -0.120. The van der Waals surface area contributed by atoms with Crippen LogP contribution in [-0.2, 0) is 0 Å². The highest BCUT2D eigenvalue weighted by Gasteiger charge is 2.48. The van der Waals surface area contributed by atoms with E-state index in [1.807, 2.05) is 20.8 Å². The van der Waals surface area contributed by atoms with E-state index in [0.717, 1.165) is 6.42 Å². The number of hydrogen-bond acceptors (Lipinski definition) is 3. The molecule has 0 saturated heterocycles. The molecule has 0 aromatic carbocycles. The number of rotatable bonds is 7. The second-order valence-corrected chi connectivity index (χ2v) is 4.59. The smallest absolute Gasteiger partial charge is 0.0980 e. The van der Waals surface area contributed by atoms with E-state index in [0.29, 0.717) is 19.3 Å². The van der Waals surface area contributed by atoms with Gasteiger partial charge in [-0.15, -0.1) is 0 Å². The summed E-state index contributed by atoms with van der Waals surface area (Å²) >= 11 is 0. The molecule has 0 saturated carbocycles. The first kappa shape index (κ1) is 14.9. The van der Waals surface area contributed by atoms with Gasteiger partial charge >= 0.3 is 0 Å². The number of aliphatic hydroxyl groups excluding tert-OH is 1. The monoisotopic (exact) mass is 218 g/mol. The van der Waals surface area contributed by atoms with Gasteiger partial charge in [0.1, 0.15) is 0 Å². The topological polar surface area (TPSA) is 60.7 Å². The van der Waals surface area contributed by atoms with Gasteiger partial charge in [-0.1, -0.05) is 27.2 Å². The van der Waals surface area contributed by atoms with Crippen molar-refractivity contribution in [3.8, 4) is 0 Å². The molecule has 0 heterocycles. The van der Waals surface area contributed by atoms with Gasteiger partial charge < -0.3 is 15.3 Å². The summed E-state index contributed by atoms with van der Waals surface area (Å²) in [5.41, 5.74) is -2.31. The maximum absolute atomic E-state index is 10.6. The molecule has 0 radical (unpaired) electrons. The maximum Gasteiger partial charge on any atom is 0.0980 e. The zero-order valence-electron chi connectivity index (χ0n) is 10.5. The minimum atomic E-state index is -1.18. The molecule has 0 bridgehead atoms. The van der Waals surface area contributed by atoms with Crippen LogP contribution < -0.4 is 0 Å². The lowest BCUT2D eigenvalue weighted by atomic mass is 9.70. The minimum absolute atomic E-state index is 0.0802. The summed E-state index contributed by atoms with van der Waals surface area (Å²) in [6.45, 7) is 7.32. The fourth-order valence-electron chi connectivity index (χ4n) is 2.22. The van der Waals surface area contributed by atoms with Crippen LogP contribution in [0.4, 0.5) is 0 Å². The van der Waals surface area contributed by atoms with E-state index in [1.165, 1.54) is 0 Å². The van der Waals surface area contributed by atoms with Crippen molar-refractivity contribution >= 4 is 0 Å². The van der Waals surface area contributed by atoms with Gasteiger partial charge in [0.25, 0.3) is 0 Å².